The van der Waals surface area contributed by atoms with Crippen LogP contribution in [0.4, 0.5) is 0 Å². The normalized spacial score (nSPS) is 23.9. The van der Waals surface area contributed by atoms with Crippen molar-refractivity contribution in [1.82, 2.24) is 14.9 Å². The van der Waals surface area contributed by atoms with Gasteiger partial charge in [0.15, 0.2) is 0 Å². The van der Waals surface area contributed by atoms with Gasteiger partial charge in [0.1, 0.15) is 5.82 Å². The summed E-state index contributed by atoms with van der Waals surface area (Å²) >= 11 is 0. The molecule has 0 amide bonds. The Morgan fingerprint density at radius 1 is 1.21 bits per heavy atom. The fraction of sp³-hybridized carbons (Fsp3) is 0.562. The molecule has 0 atom stereocenters. The molecule has 1 N–H and O–H groups in total. The van der Waals surface area contributed by atoms with Gasteiger partial charge < -0.3 is 9.88 Å². The van der Waals surface area contributed by atoms with E-state index in [2.05, 4.69) is 48.2 Å². The van der Waals surface area contributed by atoms with Crippen molar-refractivity contribution in [2.45, 2.75) is 31.6 Å². The van der Waals surface area contributed by atoms with Gasteiger partial charge in [-0.15, -0.1) is 0 Å². The zero-order valence-corrected chi connectivity index (χ0v) is 11.9. The lowest BCUT2D eigenvalue weighted by molar-refractivity contribution is 0.311. The first-order valence-electron chi connectivity index (χ1n) is 7.35. The van der Waals surface area contributed by atoms with Crippen LogP contribution >= 0.6 is 0 Å². The summed E-state index contributed by atoms with van der Waals surface area (Å²) in [5, 5.41) is 3.30. The second-order valence-electron chi connectivity index (χ2n) is 5.79. The van der Waals surface area contributed by atoms with Gasteiger partial charge in [-0.1, -0.05) is 12.1 Å². The number of hydrogen-bond donors (Lipinski definition) is 1. The average Bonchev–Trinajstić information content (AvgIpc) is 2.78. The average molecular weight is 257 g/mol. The Hall–Kier alpha value is -1.35. The summed E-state index contributed by atoms with van der Waals surface area (Å²) in [6, 6.07) is 8.45. The lowest BCUT2D eigenvalue weighted by Gasteiger charge is -2.28. The van der Waals surface area contributed by atoms with Crippen LogP contribution in [0, 0.1) is 5.92 Å². The molecular weight excluding hydrogens is 234 g/mol. The molecule has 1 heterocycles. The molecule has 1 saturated carbocycles. The van der Waals surface area contributed by atoms with Gasteiger partial charge in [0.25, 0.3) is 0 Å². The number of benzene rings is 1. The van der Waals surface area contributed by atoms with Crippen molar-refractivity contribution in [2.75, 3.05) is 13.6 Å². The molecule has 3 rings (SSSR count). The van der Waals surface area contributed by atoms with E-state index in [1.165, 1.54) is 37.0 Å². The van der Waals surface area contributed by atoms with Crippen molar-refractivity contribution >= 4 is 11.0 Å². The van der Waals surface area contributed by atoms with Crippen molar-refractivity contribution in [3.8, 4) is 0 Å². The highest BCUT2D eigenvalue weighted by Gasteiger charge is 2.25. The molecule has 0 radical (unpaired) electrons. The Labute approximate surface area is 115 Å². The van der Waals surface area contributed by atoms with Crippen LogP contribution in [-0.2, 0) is 7.05 Å². The molecule has 1 aliphatic rings. The molecular formula is C16H23N3. The molecule has 0 unspecified atom stereocenters. The van der Waals surface area contributed by atoms with E-state index in [0.29, 0.717) is 5.92 Å². The molecule has 3 heteroatoms. The van der Waals surface area contributed by atoms with Gasteiger partial charge in [-0.25, -0.2) is 4.98 Å². The number of imidazole rings is 1. The third-order valence-electron chi connectivity index (χ3n) is 4.53. The monoisotopic (exact) mass is 257 g/mol. The Bertz CT molecular complexity index is 550. The lowest BCUT2D eigenvalue weighted by atomic mass is 9.81. The maximum Gasteiger partial charge on any atom is 0.112 e. The van der Waals surface area contributed by atoms with Gasteiger partial charge in [-0.2, -0.15) is 0 Å². The highest BCUT2D eigenvalue weighted by Crippen LogP contribution is 2.35. The topological polar surface area (TPSA) is 29.9 Å². The zero-order chi connectivity index (χ0) is 13.2. The Kier molecular flexibility index (Phi) is 3.56. The third kappa shape index (κ3) is 2.39. The Morgan fingerprint density at radius 2 is 1.95 bits per heavy atom. The predicted octanol–water partition coefficient (Wildman–Crippen LogP) is 3.07. The second kappa shape index (κ2) is 5.33. The van der Waals surface area contributed by atoms with Gasteiger partial charge in [0, 0.05) is 13.0 Å². The number of nitrogens with one attached hydrogen (secondary N) is 1. The van der Waals surface area contributed by atoms with Crippen LogP contribution in [-0.4, -0.2) is 23.1 Å². The summed E-state index contributed by atoms with van der Waals surface area (Å²) in [5.74, 6) is 2.78. The number of hydrogen-bond acceptors (Lipinski definition) is 2. The predicted molar refractivity (Wildman–Crippen MR) is 79.3 cm³/mol. The quantitative estimate of drug-likeness (QED) is 0.916. The maximum atomic E-state index is 4.85. The van der Waals surface area contributed by atoms with Gasteiger partial charge >= 0.3 is 0 Å². The van der Waals surface area contributed by atoms with Crippen molar-refractivity contribution in [1.29, 1.82) is 0 Å². The fourth-order valence-corrected chi connectivity index (χ4v) is 3.44. The van der Waals surface area contributed by atoms with Crippen molar-refractivity contribution in [2.24, 2.45) is 13.0 Å². The fourth-order valence-electron chi connectivity index (χ4n) is 3.44. The molecule has 0 bridgehead atoms. The minimum Gasteiger partial charge on any atom is -0.331 e. The number of para-hydroxylation sites is 2. The molecule has 0 spiro atoms. The van der Waals surface area contributed by atoms with E-state index >= 15 is 0 Å². The van der Waals surface area contributed by atoms with Crippen molar-refractivity contribution in [3.63, 3.8) is 0 Å². The largest absolute Gasteiger partial charge is 0.331 e. The van der Waals surface area contributed by atoms with Crippen LogP contribution in [0.5, 0.6) is 0 Å². The molecule has 2 aromatic rings. The molecule has 1 aliphatic carbocycles. The minimum atomic E-state index is 0.644. The molecule has 0 aliphatic heterocycles. The van der Waals surface area contributed by atoms with Crippen LogP contribution in [0.3, 0.4) is 0 Å². The van der Waals surface area contributed by atoms with Gasteiger partial charge in [-0.3, -0.25) is 0 Å². The van der Waals surface area contributed by atoms with Crippen LogP contribution in [0.1, 0.15) is 37.4 Å². The van der Waals surface area contributed by atoms with Gasteiger partial charge in [-0.05, 0) is 57.3 Å². The number of rotatable bonds is 3. The number of aromatic nitrogens is 2. The summed E-state index contributed by atoms with van der Waals surface area (Å²) in [7, 11) is 4.21. The van der Waals surface area contributed by atoms with Gasteiger partial charge in [0.2, 0.25) is 0 Å². The first-order valence-corrected chi connectivity index (χ1v) is 7.35. The summed E-state index contributed by atoms with van der Waals surface area (Å²) < 4.78 is 2.29. The highest BCUT2D eigenvalue weighted by molar-refractivity contribution is 5.75. The van der Waals surface area contributed by atoms with Crippen molar-refractivity contribution < 1.29 is 0 Å². The van der Waals surface area contributed by atoms with E-state index in [9.17, 15) is 0 Å². The number of fused-ring (bicyclic) bond motifs is 1. The highest BCUT2D eigenvalue weighted by atomic mass is 15.1. The lowest BCUT2D eigenvalue weighted by Crippen LogP contribution is -2.24. The van der Waals surface area contributed by atoms with E-state index in [1.807, 2.05) is 0 Å². The molecule has 102 valence electrons. The summed E-state index contributed by atoms with van der Waals surface area (Å²) in [4.78, 5) is 4.85. The molecule has 1 fully saturated rings. The molecule has 19 heavy (non-hydrogen) atoms. The number of nitrogens with zero attached hydrogens (tertiary/aromatic N) is 2. The first-order chi connectivity index (χ1) is 9.29. The van der Waals surface area contributed by atoms with E-state index in [4.69, 9.17) is 4.98 Å². The molecule has 1 aromatic heterocycles. The summed E-state index contributed by atoms with van der Waals surface area (Å²) in [6.45, 7) is 1.16. The van der Waals surface area contributed by atoms with E-state index in [1.54, 1.807) is 0 Å². The SMILES string of the molecule is CNC[C@H]1CC[C@H](c2nc3ccccc3n2C)CC1. The Morgan fingerprint density at radius 3 is 2.63 bits per heavy atom. The second-order valence-corrected chi connectivity index (χ2v) is 5.79. The Balaban J connectivity index is 1.80. The molecule has 0 saturated heterocycles. The maximum absolute atomic E-state index is 4.85. The van der Waals surface area contributed by atoms with Crippen LogP contribution in [0.25, 0.3) is 11.0 Å². The van der Waals surface area contributed by atoms with Crippen LogP contribution in [0.2, 0.25) is 0 Å². The smallest absolute Gasteiger partial charge is 0.112 e. The zero-order valence-electron chi connectivity index (χ0n) is 11.9. The number of aryl methyl sites for hydroxylation is 1. The summed E-state index contributed by atoms with van der Waals surface area (Å²) in [6.07, 6.45) is 5.22. The van der Waals surface area contributed by atoms with E-state index in [-0.39, 0.29) is 0 Å². The first kappa shape index (κ1) is 12.7. The van der Waals surface area contributed by atoms with Crippen molar-refractivity contribution in [3.05, 3.63) is 30.1 Å². The standard InChI is InChI=1S/C16H23N3/c1-17-11-12-7-9-13(10-8-12)16-18-14-5-3-4-6-15(14)19(16)2/h3-6,12-13,17H,7-11H2,1-2H3/t12-,13-. The van der Waals surface area contributed by atoms with E-state index < -0.39 is 0 Å². The summed E-state index contributed by atoms with van der Waals surface area (Å²) in [5.41, 5.74) is 2.40. The van der Waals surface area contributed by atoms with Gasteiger partial charge in [0.05, 0.1) is 11.0 Å². The molecule has 1 aromatic carbocycles. The van der Waals surface area contributed by atoms with Crippen LogP contribution in [0.15, 0.2) is 24.3 Å². The third-order valence-corrected chi connectivity index (χ3v) is 4.53. The molecule has 3 nitrogen and oxygen atoms in total. The van der Waals surface area contributed by atoms with E-state index in [0.717, 1.165) is 18.0 Å². The minimum absolute atomic E-state index is 0.644. The van der Waals surface area contributed by atoms with Crippen LogP contribution < -0.4 is 5.32 Å².